The summed E-state index contributed by atoms with van der Waals surface area (Å²) in [5.74, 6) is -0.996. The third kappa shape index (κ3) is 5.80. The molecule has 0 fully saturated rings. The Labute approximate surface area is 171 Å². The second kappa shape index (κ2) is 10.2. The topological polar surface area (TPSA) is 141 Å². The van der Waals surface area contributed by atoms with Crippen molar-refractivity contribution in [3.05, 3.63) is 63.7 Å². The Bertz CT molecular complexity index is 1020. The molecule has 2 aromatic rings. The van der Waals surface area contributed by atoms with Gasteiger partial charge in [0.2, 0.25) is 0 Å². The van der Waals surface area contributed by atoms with Crippen LogP contribution in [0, 0.1) is 21.4 Å². The average molecular weight is 411 g/mol. The van der Waals surface area contributed by atoms with Crippen molar-refractivity contribution in [2.24, 2.45) is 0 Å². The normalized spacial score (nSPS) is 10.5. The number of carbonyl (C=O) groups is 2. The molecular formula is C20H17N3O7. The number of nitro groups is 1. The van der Waals surface area contributed by atoms with E-state index in [1.807, 2.05) is 0 Å². The summed E-state index contributed by atoms with van der Waals surface area (Å²) in [6.45, 7) is -0.666. The van der Waals surface area contributed by atoms with Crippen LogP contribution in [-0.4, -0.2) is 37.6 Å². The number of nitrogens with zero attached hydrogens (tertiary/aromatic N) is 2. The van der Waals surface area contributed by atoms with Crippen LogP contribution in [0.4, 0.5) is 11.4 Å². The summed E-state index contributed by atoms with van der Waals surface area (Å²) in [5, 5.41) is 22.4. The molecule has 2 rings (SSSR count). The maximum absolute atomic E-state index is 12.1. The minimum atomic E-state index is -0.973. The van der Waals surface area contributed by atoms with Gasteiger partial charge in [0.25, 0.3) is 11.6 Å². The number of non-ortho nitro benzene ring substituents is 1. The van der Waals surface area contributed by atoms with Crippen molar-refractivity contribution in [2.45, 2.75) is 0 Å². The van der Waals surface area contributed by atoms with Gasteiger partial charge in [-0.15, -0.1) is 0 Å². The van der Waals surface area contributed by atoms with Crippen LogP contribution in [0.5, 0.6) is 11.5 Å². The molecule has 1 N–H and O–H groups in total. The number of carbonyl (C=O) groups excluding carboxylic acids is 2. The lowest BCUT2D eigenvalue weighted by molar-refractivity contribution is -0.384. The smallest absolute Gasteiger partial charge is 0.349 e. The fourth-order valence-electron chi connectivity index (χ4n) is 2.30. The Morgan fingerprint density at radius 1 is 1.17 bits per heavy atom. The highest BCUT2D eigenvalue weighted by molar-refractivity contribution is 6.00. The van der Waals surface area contributed by atoms with Crippen LogP contribution in [0.2, 0.25) is 0 Å². The number of rotatable bonds is 8. The van der Waals surface area contributed by atoms with Gasteiger partial charge < -0.3 is 19.5 Å². The van der Waals surface area contributed by atoms with Crippen LogP contribution in [0.15, 0.2) is 48.0 Å². The lowest BCUT2D eigenvalue weighted by Gasteiger charge is -2.10. The standard InChI is InChI=1S/C20H17N3O7/c1-28-16-6-3-13(4-7-16)9-14(11-21)20(25)30-12-19(24)22-17-8-5-15(23(26)27)10-18(17)29-2/h3-10H,12H2,1-2H3,(H,22,24)/b14-9+. The zero-order valence-corrected chi connectivity index (χ0v) is 16.1. The van der Waals surface area contributed by atoms with Crippen LogP contribution in [-0.2, 0) is 14.3 Å². The molecule has 0 atom stereocenters. The highest BCUT2D eigenvalue weighted by atomic mass is 16.6. The minimum absolute atomic E-state index is 0.0704. The number of nitrogens with one attached hydrogen (secondary N) is 1. The summed E-state index contributed by atoms with van der Waals surface area (Å²) in [4.78, 5) is 34.3. The van der Waals surface area contributed by atoms with E-state index in [1.54, 1.807) is 30.3 Å². The number of benzene rings is 2. The van der Waals surface area contributed by atoms with Crippen molar-refractivity contribution in [1.29, 1.82) is 5.26 Å². The SMILES string of the molecule is COc1ccc(/C=C(\C#N)C(=O)OCC(=O)Nc2ccc([N+](=O)[O-])cc2OC)cc1. The molecule has 10 nitrogen and oxygen atoms in total. The van der Waals surface area contributed by atoms with Gasteiger partial charge >= 0.3 is 5.97 Å². The molecule has 2 aromatic carbocycles. The number of hydrogen-bond acceptors (Lipinski definition) is 8. The van der Waals surface area contributed by atoms with Gasteiger partial charge in [-0.3, -0.25) is 14.9 Å². The van der Waals surface area contributed by atoms with E-state index >= 15 is 0 Å². The predicted octanol–water partition coefficient (Wildman–Crippen LogP) is 2.70. The first-order valence-corrected chi connectivity index (χ1v) is 8.43. The second-order valence-electron chi connectivity index (χ2n) is 5.71. The second-order valence-corrected chi connectivity index (χ2v) is 5.71. The summed E-state index contributed by atoms with van der Waals surface area (Å²) < 4.78 is 14.9. The zero-order valence-electron chi connectivity index (χ0n) is 16.1. The van der Waals surface area contributed by atoms with Crippen molar-refractivity contribution in [1.82, 2.24) is 0 Å². The third-order valence-electron chi connectivity index (χ3n) is 3.77. The maximum Gasteiger partial charge on any atom is 0.349 e. The van der Waals surface area contributed by atoms with Crippen LogP contribution in [0.25, 0.3) is 6.08 Å². The molecule has 0 bridgehead atoms. The van der Waals surface area contributed by atoms with Gasteiger partial charge in [0.05, 0.1) is 30.9 Å². The van der Waals surface area contributed by atoms with Crippen molar-refractivity contribution in [2.75, 3.05) is 26.1 Å². The maximum atomic E-state index is 12.1. The average Bonchev–Trinajstić information content (AvgIpc) is 2.76. The van der Waals surface area contributed by atoms with E-state index in [9.17, 15) is 25.0 Å². The fourth-order valence-corrected chi connectivity index (χ4v) is 2.30. The number of esters is 1. The highest BCUT2D eigenvalue weighted by Crippen LogP contribution is 2.28. The number of nitriles is 1. The van der Waals surface area contributed by atoms with Gasteiger partial charge in [0, 0.05) is 6.07 Å². The van der Waals surface area contributed by atoms with E-state index in [0.717, 1.165) is 6.07 Å². The van der Waals surface area contributed by atoms with Gasteiger partial charge in [0.15, 0.2) is 6.61 Å². The molecule has 0 saturated heterocycles. The van der Waals surface area contributed by atoms with Crippen LogP contribution in [0.1, 0.15) is 5.56 Å². The van der Waals surface area contributed by atoms with Gasteiger partial charge in [-0.2, -0.15) is 5.26 Å². The molecule has 154 valence electrons. The van der Waals surface area contributed by atoms with E-state index in [-0.39, 0.29) is 22.7 Å². The summed E-state index contributed by atoms with van der Waals surface area (Å²) >= 11 is 0. The quantitative estimate of drug-likeness (QED) is 0.230. The molecular weight excluding hydrogens is 394 g/mol. The molecule has 0 aromatic heterocycles. The van der Waals surface area contributed by atoms with Crippen molar-refractivity contribution in [3.8, 4) is 17.6 Å². The largest absolute Gasteiger partial charge is 0.497 e. The monoisotopic (exact) mass is 411 g/mol. The number of ether oxygens (including phenoxy) is 3. The number of amides is 1. The third-order valence-corrected chi connectivity index (χ3v) is 3.77. The molecule has 0 radical (unpaired) electrons. The first-order chi connectivity index (χ1) is 14.4. The van der Waals surface area contributed by atoms with Crippen molar-refractivity contribution < 1.29 is 28.7 Å². The highest BCUT2D eigenvalue weighted by Gasteiger charge is 2.16. The molecule has 0 aliphatic carbocycles. The first-order valence-electron chi connectivity index (χ1n) is 8.43. The van der Waals surface area contributed by atoms with Crippen molar-refractivity contribution in [3.63, 3.8) is 0 Å². The number of methoxy groups -OCH3 is 2. The molecule has 0 saturated carbocycles. The molecule has 1 amide bonds. The Morgan fingerprint density at radius 3 is 2.43 bits per heavy atom. The molecule has 10 heteroatoms. The van der Waals surface area contributed by atoms with Gasteiger partial charge in [0.1, 0.15) is 23.1 Å². The van der Waals surface area contributed by atoms with Crippen LogP contribution < -0.4 is 14.8 Å². The summed E-state index contributed by atoms with van der Waals surface area (Å²) in [6, 6.07) is 12.0. The lowest BCUT2D eigenvalue weighted by atomic mass is 10.1. The summed E-state index contributed by atoms with van der Waals surface area (Å²) in [5.41, 5.74) is 0.238. The Hall–Kier alpha value is -4.39. The van der Waals surface area contributed by atoms with Crippen LogP contribution in [0.3, 0.4) is 0 Å². The Balaban J connectivity index is 2.00. The molecule has 0 aliphatic rings. The van der Waals surface area contributed by atoms with E-state index in [0.29, 0.717) is 11.3 Å². The number of nitro benzene ring substituents is 1. The molecule has 0 heterocycles. The zero-order chi connectivity index (χ0) is 22.1. The van der Waals surface area contributed by atoms with Gasteiger partial charge in [-0.05, 0) is 29.8 Å². The molecule has 0 aliphatic heterocycles. The summed E-state index contributed by atoms with van der Waals surface area (Å²) in [7, 11) is 2.80. The van der Waals surface area contributed by atoms with E-state index < -0.39 is 23.4 Å². The Morgan fingerprint density at radius 2 is 1.87 bits per heavy atom. The Kier molecular flexibility index (Phi) is 7.47. The number of hydrogen-bond donors (Lipinski definition) is 1. The van der Waals surface area contributed by atoms with E-state index in [1.165, 1.54) is 32.4 Å². The first kappa shape index (κ1) is 21.9. The van der Waals surface area contributed by atoms with Gasteiger partial charge in [-0.1, -0.05) is 12.1 Å². The molecule has 0 spiro atoms. The number of anilines is 1. The minimum Gasteiger partial charge on any atom is -0.497 e. The predicted molar refractivity (Wildman–Crippen MR) is 106 cm³/mol. The lowest BCUT2D eigenvalue weighted by Crippen LogP contribution is -2.21. The van der Waals surface area contributed by atoms with Crippen molar-refractivity contribution >= 4 is 29.3 Å². The summed E-state index contributed by atoms with van der Waals surface area (Å²) in [6.07, 6.45) is 1.32. The van der Waals surface area contributed by atoms with Gasteiger partial charge in [-0.25, -0.2) is 4.79 Å². The molecule has 0 unspecified atom stereocenters. The van der Waals surface area contributed by atoms with Crippen LogP contribution >= 0.6 is 0 Å². The van der Waals surface area contributed by atoms with E-state index in [2.05, 4.69) is 5.32 Å². The molecule has 30 heavy (non-hydrogen) atoms. The fraction of sp³-hybridized carbons (Fsp3) is 0.150. The van der Waals surface area contributed by atoms with E-state index in [4.69, 9.17) is 14.2 Å².